The summed E-state index contributed by atoms with van der Waals surface area (Å²) in [5.41, 5.74) is 2.06. The maximum absolute atomic E-state index is 13.1. The van der Waals surface area contributed by atoms with E-state index in [1.807, 2.05) is 30.3 Å². The average Bonchev–Trinajstić information content (AvgIpc) is 3.38. The van der Waals surface area contributed by atoms with Crippen LogP contribution in [-0.2, 0) is 11.3 Å². The normalized spacial score (nSPS) is 18.2. The molecule has 0 radical (unpaired) electrons. The van der Waals surface area contributed by atoms with Gasteiger partial charge in [0.1, 0.15) is 0 Å². The van der Waals surface area contributed by atoms with Gasteiger partial charge in [0.2, 0.25) is 17.6 Å². The van der Waals surface area contributed by atoms with Gasteiger partial charge in [0.05, 0.1) is 6.54 Å². The van der Waals surface area contributed by atoms with E-state index in [1.165, 1.54) is 5.56 Å². The molecule has 3 heterocycles. The van der Waals surface area contributed by atoms with Crippen LogP contribution in [0.1, 0.15) is 24.3 Å². The third-order valence-corrected chi connectivity index (χ3v) is 7.24. The molecule has 0 unspecified atom stereocenters. The molecule has 2 fully saturated rings. The fraction of sp³-hybridized carbons (Fsp3) is 0.393. The summed E-state index contributed by atoms with van der Waals surface area (Å²) >= 11 is 6.07. The lowest BCUT2D eigenvalue weighted by molar-refractivity contribution is -0.138. The number of rotatable bonds is 7. The number of amides is 1. The van der Waals surface area contributed by atoms with Crippen molar-refractivity contribution < 1.29 is 9.32 Å². The molecule has 1 aromatic heterocycles. The number of piperidine rings is 1. The topological polar surface area (TPSA) is 65.7 Å². The SMILES string of the molecule is O=C(C1CCN(Cc2nc(-c3cccc(Cl)c3)no2)CC1)N1CCN(C/C=C/c2ccccc2)CC1. The molecular weight excluding hydrogens is 474 g/mol. The fourth-order valence-corrected chi connectivity index (χ4v) is 5.09. The molecule has 2 aromatic carbocycles. The van der Waals surface area contributed by atoms with Crippen LogP contribution in [0.2, 0.25) is 5.02 Å². The van der Waals surface area contributed by atoms with Crippen LogP contribution in [-0.4, -0.2) is 76.6 Å². The summed E-state index contributed by atoms with van der Waals surface area (Å²) in [5, 5.41) is 4.74. The Bertz CT molecular complexity index is 1170. The predicted octanol–water partition coefficient (Wildman–Crippen LogP) is 4.46. The van der Waals surface area contributed by atoms with E-state index < -0.39 is 0 Å². The van der Waals surface area contributed by atoms with Gasteiger partial charge in [-0.25, -0.2) is 0 Å². The monoisotopic (exact) mass is 505 g/mol. The summed E-state index contributed by atoms with van der Waals surface area (Å²) < 4.78 is 5.46. The number of hydrogen-bond acceptors (Lipinski definition) is 6. The van der Waals surface area contributed by atoms with Gasteiger partial charge in [-0.3, -0.25) is 14.6 Å². The average molecular weight is 506 g/mol. The molecule has 5 rings (SSSR count). The first-order chi connectivity index (χ1) is 17.6. The second kappa shape index (κ2) is 11.8. The Hall–Kier alpha value is -3.00. The summed E-state index contributed by atoms with van der Waals surface area (Å²) in [6.07, 6.45) is 6.11. The fourth-order valence-electron chi connectivity index (χ4n) is 4.90. The number of piperazine rings is 1. The molecule has 0 atom stereocenters. The number of halogens is 1. The summed E-state index contributed by atoms with van der Waals surface area (Å²) in [4.78, 5) is 24.4. The molecule has 3 aromatic rings. The molecule has 7 nitrogen and oxygen atoms in total. The second-order valence-electron chi connectivity index (χ2n) is 9.51. The number of hydrogen-bond donors (Lipinski definition) is 0. The lowest BCUT2D eigenvalue weighted by atomic mass is 9.95. The van der Waals surface area contributed by atoms with E-state index in [4.69, 9.17) is 16.1 Å². The molecule has 36 heavy (non-hydrogen) atoms. The zero-order valence-electron chi connectivity index (χ0n) is 20.4. The lowest BCUT2D eigenvalue weighted by Crippen LogP contribution is -2.51. The van der Waals surface area contributed by atoms with E-state index in [9.17, 15) is 4.79 Å². The van der Waals surface area contributed by atoms with Crippen molar-refractivity contribution in [2.45, 2.75) is 19.4 Å². The maximum atomic E-state index is 13.1. The zero-order valence-corrected chi connectivity index (χ0v) is 21.2. The Morgan fingerprint density at radius 2 is 1.75 bits per heavy atom. The van der Waals surface area contributed by atoms with Gasteiger partial charge in [0, 0.05) is 49.2 Å². The molecule has 0 N–H and O–H groups in total. The van der Waals surface area contributed by atoms with Crippen molar-refractivity contribution in [1.29, 1.82) is 0 Å². The van der Waals surface area contributed by atoms with Gasteiger partial charge in [-0.15, -0.1) is 0 Å². The van der Waals surface area contributed by atoms with Crippen LogP contribution in [0, 0.1) is 5.92 Å². The van der Waals surface area contributed by atoms with Crippen molar-refractivity contribution in [1.82, 2.24) is 24.8 Å². The van der Waals surface area contributed by atoms with Gasteiger partial charge in [-0.2, -0.15) is 4.98 Å². The molecule has 0 bridgehead atoms. The Kier molecular flexibility index (Phi) is 8.11. The summed E-state index contributed by atoms with van der Waals surface area (Å²) in [6, 6.07) is 17.8. The van der Waals surface area contributed by atoms with E-state index in [0.29, 0.717) is 29.2 Å². The van der Waals surface area contributed by atoms with Crippen molar-refractivity contribution >= 4 is 23.6 Å². The quantitative estimate of drug-likeness (QED) is 0.472. The van der Waals surface area contributed by atoms with E-state index >= 15 is 0 Å². The van der Waals surface area contributed by atoms with E-state index in [-0.39, 0.29) is 5.92 Å². The van der Waals surface area contributed by atoms with Crippen molar-refractivity contribution in [2.24, 2.45) is 5.92 Å². The van der Waals surface area contributed by atoms with Gasteiger partial charge in [-0.05, 0) is 43.6 Å². The minimum atomic E-state index is 0.107. The highest BCUT2D eigenvalue weighted by Crippen LogP contribution is 2.23. The maximum Gasteiger partial charge on any atom is 0.241 e. The molecule has 2 saturated heterocycles. The summed E-state index contributed by atoms with van der Waals surface area (Å²) in [5.74, 6) is 1.56. The molecule has 8 heteroatoms. The van der Waals surface area contributed by atoms with Crippen molar-refractivity contribution in [3.63, 3.8) is 0 Å². The van der Waals surface area contributed by atoms with Crippen molar-refractivity contribution in [2.75, 3.05) is 45.8 Å². The van der Waals surface area contributed by atoms with Gasteiger partial charge in [-0.1, -0.05) is 71.4 Å². The van der Waals surface area contributed by atoms with E-state index in [2.05, 4.69) is 61.3 Å². The van der Waals surface area contributed by atoms with Crippen molar-refractivity contribution in [3.8, 4) is 11.4 Å². The third-order valence-electron chi connectivity index (χ3n) is 7.00. The first kappa shape index (κ1) is 24.7. The molecule has 0 aliphatic carbocycles. The zero-order chi connectivity index (χ0) is 24.7. The highest BCUT2D eigenvalue weighted by molar-refractivity contribution is 6.30. The van der Waals surface area contributed by atoms with Crippen LogP contribution in [0.15, 0.2) is 65.2 Å². The standard InChI is InChI=1S/C28H32ClN5O2/c29-25-10-4-9-24(20-25)27-30-26(36-31-27)21-33-14-11-23(12-15-33)28(35)34-18-16-32(17-19-34)13-5-8-22-6-2-1-3-7-22/h1-10,20,23H,11-19,21H2/b8-5+. The van der Waals surface area contributed by atoms with Crippen LogP contribution in [0.25, 0.3) is 17.5 Å². The second-order valence-corrected chi connectivity index (χ2v) is 9.95. The van der Waals surface area contributed by atoms with Gasteiger partial charge >= 0.3 is 0 Å². The van der Waals surface area contributed by atoms with Gasteiger partial charge < -0.3 is 9.42 Å². The van der Waals surface area contributed by atoms with Crippen molar-refractivity contribution in [3.05, 3.63) is 77.2 Å². The van der Waals surface area contributed by atoms with Gasteiger partial charge in [0.15, 0.2) is 0 Å². The first-order valence-corrected chi connectivity index (χ1v) is 13.1. The van der Waals surface area contributed by atoms with Crippen LogP contribution < -0.4 is 0 Å². The first-order valence-electron chi connectivity index (χ1n) is 12.7. The van der Waals surface area contributed by atoms with Crippen LogP contribution in [0.4, 0.5) is 0 Å². The molecular formula is C28H32ClN5O2. The molecule has 2 aliphatic heterocycles. The Morgan fingerprint density at radius 1 is 0.972 bits per heavy atom. The third kappa shape index (κ3) is 6.40. The largest absolute Gasteiger partial charge is 0.340 e. The Balaban J connectivity index is 1.04. The van der Waals surface area contributed by atoms with Gasteiger partial charge in [0.25, 0.3) is 0 Å². The lowest BCUT2D eigenvalue weighted by Gasteiger charge is -2.38. The molecule has 1 amide bonds. The minimum Gasteiger partial charge on any atom is -0.340 e. The van der Waals surface area contributed by atoms with E-state index in [0.717, 1.165) is 64.2 Å². The predicted molar refractivity (Wildman–Crippen MR) is 141 cm³/mol. The Morgan fingerprint density at radius 3 is 2.50 bits per heavy atom. The summed E-state index contributed by atoms with van der Waals surface area (Å²) in [7, 11) is 0. The van der Waals surface area contributed by atoms with Crippen LogP contribution in [0.5, 0.6) is 0 Å². The number of likely N-dealkylation sites (tertiary alicyclic amines) is 1. The molecule has 188 valence electrons. The molecule has 0 saturated carbocycles. The van der Waals surface area contributed by atoms with Crippen LogP contribution in [0.3, 0.4) is 0 Å². The van der Waals surface area contributed by atoms with E-state index in [1.54, 1.807) is 0 Å². The smallest absolute Gasteiger partial charge is 0.241 e. The highest BCUT2D eigenvalue weighted by atomic mass is 35.5. The Labute approximate surface area is 217 Å². The number of benzene rings is 2. The number of carbonyl (C=O) groups excluding carboxylic acids is 1. The summed E-state index contributed by atoms with van der Waals surface area (Å²) in [6.45, 7) is 6.71. The number of carbonyl (C=O) groups is 1. The molecule has 2 aliphatic rings. The molecule has 0 spiro atoms. The number of nitrogens with zero attached hydrogens (tertiary/aromatic N) is 5. The minimum absolute atomic E-state index is 0.107. The number of aromatic nitrogens is 2. The highest BCUT2D eigenvalue weighted by Gasteiger charge is 2.30. The van der Waals surface area contributed by atoms with Crippen LogP contribution >= 0.6 is 11.6 Å².